The van der Waals surface area contributed by atoms with Crippen molar-refractivity contribution >= 4 is 0 Å². The Morgan fingerprint density at radius 3 is 2.89 bits per heavy atom. The summed E-state index contributed by atoms with van der Waals surface area (Å²) in [6.45, 7) is 2.98. The van der Waals surface area contributed by atoms with Crippen molar-refractivity contribution in [3.8, 4) is 5.75 Å². The molecule has 0 saturated heterocycles. The van der Waals surface area contributed by atoms with E-state index in [1.807, 2.05) is 36.1 Å². The topological polar surface area (TPSA) is 50.1 Å². The van der Waals surface area contributed by atoms with Crippen LogP contribution in [0.4, 0.5) is 0 Å². The fraction of sp³-hybridized carbons (Fsp3) is 0.357. The van der Waals surface area contributed by atoms with Crippen molar-refractivity contribution in [2.24, 2.45) is 7.05 Å². The zero-order valence-corrected chi connectivity index (χ0v) is 10.8. The van der Waals surface area contributed by atoms with Gasteiger partial charge in [0.05, 0.1) is 0 Å². The van der Waals surface area contributed by atoms with Crippen molar-refractivity contribution in [2.45, 2.75) is 19.4 Å². The lowest BCUT2D eigenvalue weighted by Gasteiger charge is -2.14. The molecule has 2 rings (SSSR count). The van der Waals surface area contributed by atoms with Gasteiger partial charge < -0.3 is 10.4 Å². The van der Waals surface area contributed by atoms with Crippen LogP contribution in [0.2, 0.25) is 0 Å². The third-order valence-electron chi connectivity index (χ3n) is 3.12. The van der Waals surface area contributed by atoms with Crippen LogP contribution in [0.15, 0.2) is 36.5 Å². The summed E-state index contributed by atoms with van der Waals surface area (Å²) in [6, 6.07) is 9.62. The fourth-order valence-electron chi connectivity index (χ4n) is 1.98. The summed E-state index contributed by atoms with van der Waals surface area (Å²) in [6.07, 6.45) is 2.76. The lowest BCUT2D eigenvalue weighted by atomic mass is 10.1. The summed E-state index contributed by atoms with van der Waals surface area (Å²) < 4.78 is 1.89. The molecule has 2 N–H and O–H groups in total. The van der Waals surface area contributed by atoms with E-state index in [4.69, 9.17) is 0 Å². The number of nitrogens with one attached hydrogen (secondary N) is 1. The largest absolute Gasteiger partial charge is 0.508 e. The highest BCUT2D eigenvalue weighted by atomic mass is 16.3. The Balaban J connectivity index is 1.85. The number of aromatic nitrogens is 2. The summed E-state index contributed by atoms with van der Waals surface area (Å²) in [7, 11) is 1.95. The number of hydrogen-bond donors (Lipinski definition) is 2. The van der Waals surface area contributed by atoms with Gasteiger partial charge in [-0.3, -0.25) is 4.68 Å². The highest BCUT2D eigenvalue weighted by Gasteiger charge is 2.05. The molecule has 0 amide bonds. The fourth-order valence-corrected chi connectivity index (χ4v) is 1.98. The number of phenols is 1. The van der Waals surface area contributed by atoms with Gasteiger partial charge in [-0.25, -0.2) is 0 Å². The second-order valence-corrected chi connectivity index (χ2v) is 4.47. The lowest BCUT2D eigenvalue weighted by Crippen LogP contribution is -2.22. The predicted molar refractivity (Wildman–Crippen MR) is 71.4 cm³/mol. The number of nitrogens with zero attached hydrogens (tertiary/aromatic N) is 2. The summed E-state index contributed by atoms with van der Waals surface area (Å²) >= 11 is 0. The van der Waals surface area contributed by atoms with Crippen molar-refractivity contribution in [3.63, 3.8) is 0 Å². The van der Waals surface area contributed by atoms with Gasteiger partial charge in [-0.15, -0.1) is 0 Å². The quantitative estimate of drug-likeness (QED) is 0.847. The molecule has 18 heavy (non-hydrogen) atoms. The van der Waals surface area contributed by atoms with Crippen LogP contribution in [-0.2, 0) is 13.5 Å². The molecule has 1 atom stereocenters. The van der Waals surface area contributed by atoms with Crippen LogP contribution in [0.3, 0.4) is 0 Å². The molecule has 1 unspecified atom stereocenters. The van der Waals surface area contributed by atoms with Crippen molar-refractivity contribution in [1.82, 2.24) is 15.1 Å². The number of phenolic OH excluding ortho intramolecular Hbond substituents is 1. The lowest BCUT2D eigenvalue weighted by molar-refractivity contribution is 0.472. The maximum atomic E-state index is 9.43. The molecule has 1 heterocycles. The Hall–Kier alpha value is -1.81. The van der Waals surface area contributed by atoms with Gasteiger partial charge in [-0.1, -0.05) is 12.1 Å². The van der Waals surface area contributed by atoms with Crippen LogP contribution in [0, 0.1) is 0 Å². The SMILES string of the molecule is CC(NCCc1ccnn1C)c1cccc(O)c1. The normalized spacial score (nSPS) is 12.6. The molecule has 1 aromatic carbocycles. The second-order valence-electron chi connectivity index (χ2n) is 4.47. The highest BCUT2D eigenvalue weighted by molar-refractivity contribution is 5.29. The van der Waals surface area contributed by atoms with Gasteiger partial charge in [0.2, 0.25) is 0 Å². The Labute approximate surface area is 107 Å². The van der Waals surface area contributed by atoms with E-state index in [2.05, 4.69) is 17.3 Å². The van der Waals surface area contributed by atoms with Crippen molar-refractivity contribution in [3.05, 3.63) is 47.8 Å². The molecule has 0 saturated carbocycles. The van der Waals surface area contributed by atoms with E-state index < -0.39 is 0 Å². The van der Waals surface area contributed by atoms with E-state index in [1.54, 1.807) is 12.1 Å². The molecule has 0 radical (unpaired) electrons. The third kappa shape index (κ3) is 3.11. The average Bonchev–Trinajstić information content (AvgIpc) is 2.75. The minimum absolute atomic E-state index is 0.227. The average molecular weight is 245 g/mol. The molecule has 0 aliphatic carbocycles. The number of benzene rings is 1. The van der Waals surface area contributed by atoms with Crippen LogP contribution < -0.4 is 5.32 Å². The van der Waals surface area contributed by atoms with E-state index in [0.717, 1.165) is 18.5 Å². The Morgan fingerprint density at radius 2 is 2.22 bits per heavy atom. The van der Waals surface area contributed by atoms with E-state index >= 15 is 0 Å². The molecule has 0 aliphatic heterocycles. The summed E-state index contributed by atoms with van der Waals surface area (Å²) in [4.78, 5) is 0. The van der Waals surface area contributed by atoms with E-state index in [9.17, 15) is 5.11 Å². The first-order chi connectivity index (χ1) is 8.66. The van der Waals surface area contributed by atoms with E-state index in [-0.39, 0.29) is 6.04 Å². The minimum Gasteiger partial charge on any atom is -0.508 e. The molecule has 96 valence electrons. The van der Waals surface area contributed by atoms with Crippen molar-refractivity contribution in [1.29, 1.82) is 0 Å². The van der Waals surface area contributed by atoms with Gasteiger partial charge in [-0.2, -0.15) is 5.10 Å². The highest BCUT2D eigenvalue weighted by Crippen LogP contribution is 2.17. The maximum Gasteiger partial charge on any atom is 0.115 e. The molecule has 4 heteroatoms. The van der Waals surface area contributed by atoms with Gasteiger partial charge in [0.1, 0.15) is 5.75 Å². The van der Waals surface area contributed by atoms with Gasteiger partial charge in [0, 0.05) is 37.9 Å². The van der Waals surface area contributed by atoms with Gasteiger partial charge >= 0.3 is 0 Å². The summed E-state index contributed by atoms with van der Waals surface area (Å²) in [5.74, 6) is 0.313. The summed E-state index contributed by atoms with van der Waals surface area (Å²) in [5, 5.41) is 17.0. The molecule has 0 bridgehead atoms. The number of aromatic hydroxyl groups is 1. The Kier molecular flexibility index (Phi) is 3.99. The molecule has 1 aromatic heterocycles. The molecule has 2 aromatic rings. The maximum absolute atomic E-state index is 9.43. The molecule has 0 aliphatic rings. The number of hydrogen-bond acceptors (Lipinski definition) is 3. The Morgan fingerprint density at radius 1 is 1.39 bits per heavy atom. The first kappa shape index (κ1) is 12.6. The molecule has 4 nitrogen and oxygen atoms in total. The van der Waals surface area contributed by atoms with E-state index in [1.165, 1.54) is 5.69 Å². The third-order valence-corrected chi connectivity index (χ3v) is 3.12. The monoisotopic (exact) mass is 245 g/mol. The van der Waals surface area contributed by atoms with Crippen LogP contribution >= 0.6 is 0 Å². The summed E-state index contributed by atoms with van der Waals surface area (Å²) in [5.41, 5.74) is 2.31. The Bertz CT molecular complexity index is 507. The predicted octanol–water partition coefficient (Wildman–Crippen LogP) is 2.02. The number of aryl methyl sites for hydroxylation is 1. The molecule has 0 spiro atoms. The zero-order chi connectivity index (χ0) is 13.0. The smallest absolute Gasteiger partial charge is 0.115 e. The first-order valence-corrected chi connectivity index (χ1v) is 6.16. The standard InChI is InChI=1S/C14H19N3O/c1-11(12-4-3-5-14(18)10-12)15-8-6-13-7-9-16-17(13)2/h3-5,7,9-11,15,18H,6,8H2,1-2H3. The van der Waals surface area contributed by atoms with Crippen molar-refractivity contribution < 1.29 is 5.11 Å². The van der Waals surface area contributed by atoms with Gasteiger partial charge in [0.15, 0.2) is 0 Å². The van der Waals surface area contributed by atoms with Gasteiger partial charge in [0.25, 0.3) is 0 Å². The molecular formula is C14H19N3O. The van der Waals surface area contributed by atoms with Crippen LogP contribution in [0.25, 0.3) is 0 Å². The molecule has 0 fully saturated rings. The number of rotatable bonds is 5. The zero-order valence-electron chi connectivity index (χ0n) is 10.8. The first-order valence-electron chi connectivity index (χ1n) is 6.16. The van der Waals surface area contributed by atoms with Crippen LogP contribution in [-0.4, -0.2) is 21.4 Å². The second kappa shape index (κ2) is 5.69. The molecular weight excluding hydrogens is 226 g/mol. The van der Waals surface area contributed by atoms with Crippen LogP contribution in [0.1, 0.15) is 24.2 Å². The van der Waals surface area contributed by atoms with E-state index in [0.29, 0.717) is 5.75 Å². The van der Waals surface area contributed by atoms with Crippen LogP contribution in [0.5, 0.6) is 5.75 Å². The van der Waals surface area contributed by atoms with Crippen molar-refractivity contribution in [2.75, 3.05) is 6.54 Å². The van der Waals surface area contributed by atoms with Gasteiger partial charge in [-0.05, 0) is 30.7 Å². The minimum atomic E-state index is 0.227.